The zero-order valence-corrected chi connectivity index (χ0v) is 13.2. The normalized spacial score (nSPS) is 11.5. The van der Waals surface area contributed by atoms with Gasteiger partial charge in [-0.2, -0.15) is 0 Å². The molecule has 4 nitrogen and oxygen atoms in total. The number of nitrogens with zero attached hydrogens (tertiary/aromatic N) is 1. The van der Waals surface area contributed by atoms with Crippen LogP contribution in [0.5, 0.6) is 0 Å². The monoisotopic (exact) mass is 303 g/mol. The molecule has 0 saturated heterocycles. The first-order valence-electron chi connectivity index (χ1n) is 7.41. The Kier molecular flexibility index (Phi) is 5.58. The zero-order valence-electron chi connectivity index (χ0n) is 13.2. The fraction of sp³-hybridized carbons (Fsp3) is 0.353. The smallest absolute Gasteiger partial charge is 0.191 e. The van der Waals surface area contributed by atoms with Crippen LogP contribution in [0.25, 0.3) is 0 Å². The maximum Gasteiger partial charge on any atom is 0.191 e. The van der Waals surface area contributed by atoms with Gasteiger partial charge >= 0.3 is 0 Å². The Morgan fingerprint density at radius 2 is 1.95 bits per heavy atom. The summed E-state index contributed by atoms with van der Waals surface area (Å²) < 4.78 is 19.1. The highest BCUT2D eigenvalue weighted by Gasteiger charge is 2.05. The van der Waals surface area contributed by atoms with Crippen LogP contribution in [0, 0.1) is 19.7 Å². The van der Waals surface area contributed by atoms with Crippen LogP contribution in [0.3, 0.4) is 0 Å². The van der Waals surface area contributed by atoms with E-state index in [2.05, 4.69) is 15.6 Å². The van der Waals surface area contributed by atoms with E-state index >= 15 is 0 Å². The molecule has 0 aliphatic carbocycles. The summed E-state index contributed by atoms with van der Waals surface area (Å²) >= 11 is 0. The maximum absolute atomic E-state index is 13.6. The van der Waals surface area contributed by atoms with Crippen molar-refractivity contribution in [3.63, 3.8) is 0 Å². The average molecular weight is 303 g/mol. The number of hydrogen-bond donors (Lipinski definition) is 2. The molecule has 0 atom stereocenters. The summed E-state index contributed by atoms with van der Waals surface area (Å²) in [6, 6.07) is 8.71. The van der Waals surface area contributed by atoms with Crippen LogP contribution in [0.15, 0.2) is 39.7 Å². The van der Waals surface area contributed by atoms with Gasteiger partial charge in [-0.05, 0) is 32.9 Å². The lowest BCUT2D eigenvalue weighted by molar-refractivity contribution is 0.501. The Morgan fingerprint density at radius 3 is 2.59 bits per heavy atom. The zero-order chi connectivity index (χ0) is 15.9. The number of furan rings is 1. The molecule has 2 aromatic rings. The number of aryl methyl sites for hydroxylation is 2. The summed E-state index contributed by atoms with van der Waals surface area (Å²) in [6.07, 6.45) is 0. The SMILES string of the molecule is CCNC(=NCc1cc(C)oc1C)NCc1ccccc1F. The molecule has 22 heavy (non-hydrogen) atoms. The third kappa shape index (κ3) is 4.35. The molecule has 0 aliphatic rings. The van der Waals surface area contributed by atoms with Gasteiger partial charge in [-0.25, -0.2) is 9.38 Å². The molecule has 118 valence electrons. The van der Waals surface area contributed by atoms with Crippen LogP contribution >= 0.6 is 0 Å². The first-order chi connectivity index (χ1) is 10.6. The van der Waals surface area contributed by atoms with Crippen LogP contribution in [-0.2, 0) is 13.1 Å². The van der Waals surface area contributed by atoms with Crippen LogP contribution in [-0.4, -0.2) is 12.5 Å². The largest absolute Gasteiger partial charge is 0.466 e. The van der Waals surface area contributed by atoms with E-state index in [1.54, 1.807) is 12.1 Å². The summed E-state index contributed by atoms with van der Waals surface area (Å²) in [5.74, 6) is 2.20. The molecule has 0 spiro atoms. The van der Waals surface area contributed by atoms with Gasteiger partial charge in [0.25, 0.3) is 0 Å². The minimum Gasteiger partial charge on any atom is -0.466 e. The van der Waals surface area contributed by atoms with E-state index in [1.807, 2.05) is 32.9 Å². The van der Waals surface area contributed by atoms with E-state index in [1.165, 1.54) is 6.07 Å². The fourth-order valence-corrected chi connectivity index (χ4v) is 2.17. The van der Waals surface area contributed by atoms with Gasteiger partial charge in [0, 0.05) is 24.2 Å². The van der Waals surface area contributed by atoms with Crippen LogP contribution in [0.2, 0.25) is 0 Å². The fourth-order valence-electron chi connectivity index (χ4n) is 2.17. The van der Waals surface area contributed by atoms with Crippen LogP contribution in [0.4, 0.5) is 4.39 Å². The molecule has 0 saturated carbocycles. The first kappa shape index (κ1) is 16.1. The second-order valence-corrected chi connectivity index (χ2v) is 5.08. The van der Waals surface area contributed by atoms with E-state index < -0.39 is 0 Å². The number of halogens is 1. The highest BCUT2D eigenvalue weighted by molar-refractivity contribution is 5.79. The highest BCUT2D eigenvalue weighted by atomic mass is 19.1. The van der Waals surface area contributed by atoms with Crippen molar-refractivity contribution >= 4 is 5.96 Å². The van der Waals surface area contributed by atoms with Gasteiger partial charge in [-0.15, -0.1) is 0 Å². The molecule has 0 fully saturated rings. The lowest BCUT2D eigenvalue weighted by atomic mass is 10.2. The van der Waals surface area contributed by atoms with Crippen molar-refractivity contribution in [2.45, 2.75) is 33.9 Å². The first-order valence-corrected chi connectivity index (χ1v) is 7.41. The van der Waals surface area contributed by atoms with Crippen molar-refractivity contribution in [1.29, 1.82) is 0 Å². The molecule has 2 N–H and O–H groups in total. The van der Waals surface area contributed by atoms with Crippen LogP contribution in [0.1, 0.15) is 29.6 Å². The molecule has 0 aliphatic heterocycles. The van der Waals surface area contributed by atoms with Gasteiger partial charge in [0.2, 0.25) is 0 Å². The van der Waals surface area contributed by atoms with Crippen molar-refractivity contribution in [2.75, 3.05) is 6.54 Å². The Morgan fingerprint density at radius 1 is 1.18 bits per heavy atom. The van der Waals surface area contributed by atoms with Crippen molar-refractivity contribution in [3.8, 4) is 0 Å². The molecule has 2 rings (SSSR count). The molecule has 0 radical (unpaired) electrons. The van der Waals surface area contributed by atoms with Crippen LogP contribution < -0.4 is 10.6 Å². The van der Waals surface area contributed by atoms with Crippen molar-refractivity contribution in [2.24, 2.45) is 4.99 Å². The van der Waals surface area contributed by atoms with Crippen molar-refractivity contribution in [3.05, 3.63) is 58.8 Å². The third-order valence-electron chi connectivity index (χ3n) is 3.30. The lowest BCUT2D eigenvalue weighted by Crippen LogP contribution is -2.37. The van der Waals surface area contributed by atoms with Gasteiger partial charge in [-0.1, -0.05) is 18.2 Å². The number of benzene rings is 1. The number of aliphatic imine (C=N–C) groups is 1. The number of rotatable bonds is 5. The Bertz CT molecular complexity index is 649. The molecule has 5 heteroatoms. The van der Waals surface area contributed by atoms with Gasteiger partial charge < -0.3 is 15.1 Å². The second-order valence-electron chi connectivity index (χ2n) is 5.08. The number of nitrogens with one attached hydrogen (secondary N) is 2. The molecule has 0 unspecified atom stereocenters. The summed E-state index contributed by atoms with van der Waals surface area (Å²) in [5.41, 5.74) is 1.67. The van der Waals surface area contributed by atoms with Gasteiger partial charge in [0.15, 0.2) is 5.96 Å². The van der Waals surface area contributed by atoms with Gasteiger partial charge in [0.05, 0.1) is 6.54 Å². The van der Waals surface area contributed by atoms with E-state index in [9.17, 15) is 4.39 Å². The molecule has 1 aromatic carbocycles. The molecule has 0 bridgehead atoms. The Labute approximate surface area is 130 Å². The highest BCUT2D eigenvalue weighted by Crippen LogP contribution is 2.14. The van der Waals surface area contributed by atoms with Gasteiger partial charge in [0.1, 0.15) is 17.3 Å². The topological polar surface area (TPSA) is 49.6 Å². The maximum atomic E-state index is 13.6. The molecule has 1 aromatic heterocycles. The summed E-state index contributed by atoms with van der Waals surface area (Å²) in [7, 11) is 0. The minimum absolute atomic E-state index is 0.216. The third-order valence-corrected chi connectivity index (χ3v) is 3.30. The predicted octanol–water partition coefficient (Wildman–Crippen LogP) is 3.29. The van der Waals surface area contributed by atoms with E-state index in [0.717, 1.165) is 23.6 Å². The standard InChI is InChI=1S/C17H22FN3O/c1-4-19-17(20-10-14-7-5-6-8-16(14)18)21-11-15-9-12(2)22-13(15)3/h5-9H,4,10-11H2,1-3H3,(H2,19,20,21). The quantitative estimate of drug-likeness (QED) is 0.658. The van der Waals surface area contributed by atoms with E-state index in [4.69, 9.17) is 4.42 Å². The Balaban J connectivity index is 2.01. The molecular formula is C17H22FN3O. The van der Waals surface area contributed by atoms with Crippen molar-refractivity contribution < 1.29 is 8.81 Å². The predicted molar refractivity (Wildman–Crippen MR) is 86.2 cm³/mol. The molecule has 1 heterocycles. The Hall–Kier alpha value is -2.30. The lowest BCUT2D eigenvalue weighted by Gasteiger charge is -2.11. The second kappa shape index (κ2) is 7.64. The summed E-state index contributed by atoms with van der Waals surface area (Å²) in [5, 5.41) is 6.30. The van der Waals surface area contributed by atoms with Crippen molar-refractivity contribution in [1.82, 2.24) is 10.6 Å². The van der Waals surface area contributed by atoms with E-state index in [0.29, 0.717) is 24.6 Å². The molecule has 0 amide bonds. The summed E-state index contributed by atoms with van der Waals surface area (Å²) in [6.45, 7) is 7.50. The number of hydrogen-bond acceptors (Lipinski definition) is 2. The average Bonchev–Trinajstić information content (AvgIpc) is 2.81. The summed E-state index contributed by atoms with van der Waals surface area (Å²) in [4.78, 5) is 4.51. The molecular weight excluding hydrogens is 281 g/mol. The number of guanidine groups is 1. The minimum atomic E-state index is -0.216. The van der Waals surface area contributed by atoms with E-state index in [-0.39, 0.29) is 5.82 Å². The van der Waals surface area contributed by atoms with Gasteiger partial charge in [-0.3, -0.25) is 0 Å².